The highest BCUT2D eigenvalue weighted by Gasteiger charge is 2.22. The van der Waals surface area contributed by atoms with Gasteiger partial charge in [-0.15, -0.1) is 0 Å². The summed E-state index contributed by atoms with van der Waals surface area (Å²) in [6.45, 7) is 5.05. The molecule has 34 heavy (non-hydrogen) atoms. The van der Waals surface area contributed by atoms with Gasteiger partial charge in [0.15, 0.2) is 17.5 Å². The number of nitrogens with zero attached hydrogens (tertiary/aromatic N) is 2. The molecule has 0 spiro atoms. The van der Waals surface area contributed by atoms with Crippen LogP contribution in [0.3, 0.4) is 0 Å². The first-order chi connectivity index (χ1) is 16.2. The molecule has 3 aromatic heterocycles. The van der Waals surface area contributed by atoms with Crippen molar-refractivity contribution < 1.29 is 23.2 Å². The number of carbonyl (C=O) groups excluding carboxylic acids is 2. The Labute approximate surface area is 199 Å². The molecule has 0 aliphatic heterocycles. The van der Waals surface area contributed by atoms with Crippen LogP contribution >= 0.6 is 11.3 Å². The van der Waals surface area contributed by atoms with Crippen molar-refractivity contribution in [2.24, 2.45) is 0 Å². The highest BCUT2D eigenvalue weighted by Crippen LogP contribution is 2.32. The quantitative estimate of drug-likeness (QED) is 0.440. The minimum absolute atomic E-state index is 0.0995. The predicted octanol–water partition coefficient (Wildman–Crippen LogP) is 4.15. The van der Waals surface area contributed by atoms with E-state index in [1.807, 2.05) is 13.8 Å². The largest absolute Gasteiger partial charge is 0.476 e. The van der Waals surface area contributed by atoms with Gasteiger partial charge in [0.2, 0.25) is 16.9 Å². The molecule has 0 saturated carbocycles. The topological polar surface area (TPSA) is 115 Å². The summed E-state index contributed by atoms with van der Waals surface area (Å²) < 4.78 is 17.0. The molecule has 1 aromatic carbocycles. The van der Waals surface area contributed by atoms with Gasteiger partial charge in [-0.3, -0.25) is 19.7 Å². The Morgan fingerprint density at radius 2 is 1.91 bits per heavy atom. The third kappa shape index (κ3) is 4.44. The normalized spacial score (nSPS) is 11.0. The fourth-order valence-corrected chi connectivity index (χ4v) is 4.28. The Kier molecular flexibility index (Phi) is 6.25. The first-order valence-corrected chi connectivity index (χ1v) is 11.2. The summed E-state index contributed by atoms with van der Waals surface area (Å²) in [7, 11) is 3.28. The van der Waals surface area contributed by atoms with Crippen LogP contribution in [0, 0.1) is 20.8 Å². The highest BCUT2D eigenvalue weighted by molar-refractivity contribution is 7.17. The lowest BCUT2D eigenvalue weighted by Gasteiger charge is -2.11. The van der Waals surface area contributed by atoms with Gasteiger partial charge in [-0.25, -0.2) is 4.98 Å². The highest BCUT2D eigenvalue weighted by atomic mass is 32.1. The van der Waals surface area contributed by atoms with Crippen molar-refractivity contribution in [2.45, 2.75) is 20.8 Å². The second kappa shape index (κ2) is 9.14. The molecular weight excluding hydrogens is 458 g/mol. The number of anilines is 1. The number of aryl methyl sites for hydroxylation is 3. The molecule has 0 aliphatic rings. The van der Waals surface area contributed by atoms with Crippen LogP contribution in [0.25, 0.3) is 22.5 Å². The van der Waals surface area contributed by atoms with Crippen LogP contribution in [0.5, 0.6) is 5.75 Å². The second-order valence-electron chi connectivity index (χ2n) is 7.97. The predicted molar refractivity (Wildman–Crippen MR) is 129 cm³/mol. The molecule has 0 saturated heterocycles. The zero-order valence-electron chi connectivity index (χ0n) is 19.3. The summed E-state index contributed by atoms with van der Waals surface area (Å²) in [6.07, 6.45) is 1.45. The minimum Gasteiger partial charge on any atom is -0.476 e. The average molecular weight is 482 g/mol. The number of hydrogen-bond acceptors (Lipinski definition) is 8. The average Bonchev–Trinajstić information content (AvgIpc) is 3.43. The molecule has 0 unspecified atom stereocenters. The van der Waals surface area contributed by atoms with E-state index in [2.05, 4.69) is 10.3 Å². The van der Waals surface area contributed by atoms with E-state index < -0.39 is 17.9 Å². The lowest BCUT2D eigenvalue weighted by atomic mass is 10.1. The van der Waals surface area contributed by atoms with E-state index in [1.54, 1.807) is 45.3 Å². The van der Waals surface area contributed by atoms with E-state index in [-0.39, 0.29) is 22.5 Å². The van der Waals surface area contributed by atoms with Crippen molar-refractivity contribution in [1.29, 1.82) is 0 Å². The fraction of sp³-hybridized carbons (Fsp3) is 0.250. The van der Waals surface area contributed by atoms with Gasteiger partial charge in [0.25, 0.3) is 11.8 Å². The number of hydrogen-bond donors (Lipinski definition) is 1. The van der Waals surface area contributed by atoms with Crippen molar-refractivity contribution in [3.05, 3.63) is 62.4 Å². The number of carbonyl (C=O) groups is 2. The van der Waals surface area contributed by atoms with Crippen molar-refractivity contribution in [3.63, 3.8) is 0 Å². The Hall–Kier alpha value is -3.92. The SMILES string of the molecule is Cc1cc2oc(-c3ccco3)c(OCC(=O)Nc3nc(C)c(C(=O)N(C)C)s3)c(=O)c2cc1C. The van der Waals surface area contributed by atoms with Gasteiger partial charge in [0.1, 0.15) is 10.5 Å². The van der Waals surface area contributed by atoms with E-state index in [4.69, 9.17) is 13.6 Å². The number of rotatable bonds is 6. The van der Waals surface area contributed by atoms with Gasteiger partial charge < -0.3 is 18.5 Å². The van der Waals surface area contributed by atoms with Crippen LogP contribution in [0.1, 0.15) is 26.5 Å². The van der Waals surface area contributed by atoms with Gasteiger partial charge in [0.05, 0.1) is 17.3 Å². The summed E-state index contributed by atoms with van der Waals surface area (Å²) >= 11 is 1.07. The van der Waals surface area contributed by atoms with Gasteiger partial charge in [-0.1, -0.05) is 11.3 Å². The third-order valence-electron chi connectivity index (χ3n) is 5.20. The van der Waals surface area contributed by atoms with E-state index in [0.29, 0.717) is 27.3 Å². The van der Waals surface area contributed by atoms with E-state index >= 15 is 0 Å². The van der Waals surface area contributed by atoms with Crippen molar-refractivity contribution in [2.75, 3.05) is 26.0 Å². The Bertz CT molecular complexity index is 1450. The van der Waals surface area contributed by atoms with E-state index in [9.17, 15) is 14.4 Å². The molecule has 2 amide bonds. The number of aromatic nitrogens is 1. The second-order valence-corrected chi connectivity index (χ2v) is 8.97. The standard InChI is InChI=1S/C24H23N3O6S/c1-12-9-15-17(10-13(12)2)33-20(16-7-6-8-31-16)21(19(15)29)32-11-18(28)26-24-25-14(3)22(34-24)23(30)27(4)5/h6-10H,11H2,1-5H3,(H,25,26,28). The number of fused-ring (bicyclic) bond motifs is 1. The first-order valence-electron chi connectivity index (χ1n) is 10.4. The van der Waals surface area contributed by atoms with Crippen molar-refractivity contribution in [1.82, 2.24) is 9.88 Å². The van der Waals surface area contributed by atoms with Crippen molar-refractivity contribution in [3.8, 4) is 17.3 Å². The Morgan fingerprint density at radius 3 is 2.59 bits per heavy atom. The molecule has 0 bridgehead atoms. The summed E-state index contributed by atoms with van der Waals surface area (Å²) in [4.78, 5) is 44.1. The number of furan rings is 1. The van der Waals surface area contributed by atoms with Gasteiger partial charge >= 0.3 is 0 Å². The Morgan fingerprint density at radius 1 is 1.18 bits per heavy atom. The minimum atomic E-state index is -0.539. The summed E-state index contributed by atoms with van der Waals surface area (Å²) in [5, 5.41) is 3.22. The molecule has 0 radical (unpaired) electrons. The summed E-state index contributed by atoms with van der Waals surface area (Å²) in [6, 6.07) is 6.82. The fourth-order valence-electron chi connectivity index (χ4n) is 3.28. The molecule has 1 N–H and O–H groups in total. The van der Waals surface area contributed by atoms with Crippen LogP contribution in [0.15, 0.2) is 44.2 Å². The molecule has 9 nitrogen and oxygen atoms in total. The maximum absolute atomic E-state index is 13.3. The molecular formula is C24H23N3O6S. The van der Waals surface area contributed by atoms with Gasteiger partial charge in [-0.05, 0) is 56.2 Å². The van der Waals surface area contributed by atoms with Gasteiger partial charge in [0, 0.05) is 14.1 Å². The molecule has 0 aliphatic carbocycles. The zero-order chi connectivity index (χ0) is 24.6. The third-order valence-corrected chi connectivity index (χ3v) is 6.26. The maximum Gasteiger partial charge on any atom is 0.265 e. The van der Waals surface area contributed by atoms with Crippen molar-refractivity contribution >= 4 is 39.3 Å². The van der Waals surface area contributed by atoms with Crippen LogP contribution < -0.4 is 15.5 Å². The molecule has 4 aromatic rings. The smallest absolute Gasteiger partial charge is 0.265 e. The molecule has 3 heterocycles. The number of thiazole rings is 1. The Balaban J connectivity index is 1.61. The van der Waals surface area contributed by atoms with Crippen LogP contribution in [-0.4, -0.2) is 42.4 Å². The van der Waals surface area contributed by atoms with Crippen LogP contribution in [0.4, 0.5) is 5.13 Å². The number of amides is 2. The molecule has 0 fully saturated rings. The summed E-state index contributed by atoms with van der Waals surface area (Å²) in [5.41, 5.74) is 2.40. The number of ether oxygens (including phenoxy) is 1. The van der Waals surface area contributed by atoms with E-state index in [1.165, 1.54) is 11.2 Å². The summed E-state index contributed by atoms with van der Waals surface area (Å²) in [5.74, 6) is -0.464. The first kappa shape index (κ1) is 23.2. The van der Waals surface area contributed by atoms with Gasteiger partial charge in [-0.2, -0.15) is 0 Å². The lowest BCUT2D eigenvalue weighted by molar-refractivity contribution is -0.118. The molecule has 10 heteroatoms. The molecule has 4 rings (SSSR count). The van der Waals surface area contributed by atoms with E-state index in [0.717, 1.165) is 22.5 Å². The molecule has 176 valence electrons. The van der Waals surface area contributed by atoms with Crippen LogP contribution in [-0.2, 0) is 4.79 Å². The van der Waals surface area contributed by atoms with Crippen LogP contribution in [0.2, 0.25) is 0 Å². The number of nitrogens with one attached hydrogen (secondary N) is 1. The lowest BCUT2D eigenvalue weighted by Crippen LogP contribution is -2.22. The monoisotopic (exact) mass is 481 g/mol. The number of benzene rings is 1. The maximum atomic E-state index is 13.3. The zero-order valence-corrected chi connectivity index (χ0v) is 20.2. The molecule has 0 atom stereocenters.